The third kappa shape index (κ3) is 2.11. The lowest BCUT2D eigenvalue weighted by Crippen LogP contribution is -2.24. The van der Waals surface area contributed by atoms with Gasteiger partial charge in [0, 0.05) is 0 Å². The van der Waals surface area contributed by atoms with E-state index < -0.39 is 6.04 Å². The van der Waals surface area contributed by atoms with Gasteiger partial charge in [0.15, 0.2) is 0 Å². The topological polar surface area (TPSA) is 43.1 Å². The molecule has 19 heavy (non-hydrogen) atoms. The molecule has 2 nitrogen and oxygen atoms in total. The van der Waals surface area contributed by atoms with Crippen molar-refractivity contribution in [1.82, 2.24) is 0 Å². The molecule has 0 amide bonds. The van der Waals surface area contributed by atoms with Gasteiger partial charge in [-0.2, -0.15) is 0 Å². The van der Waals surface area contributed by atoms with Gasteiger partial charge in [-0.25, -0.2) is 0 Å². The minimum absolute atomic E-state index is 0.519. The Bertz CT molecular complexity index is 694. The van der Waals surface area contributed by atoms with Crippen LogP contribution < -0.4 is 5.73 Å². The van der Waals surface area contributed by atoms with Crippen molar-refractivity contribution in [3.63, 3.8) is 0 Å². The Balaban J connectivity index is 2.35. The van der Waals surface area contributed by atoms with Crippen LogP contribution in [0, 0.1) is 0 Å². The van der Waals surface area contributed by atoms with Crippen LogP contribution >= 0.6 is 0 Å². The van der Waals surface area contributed by atoms with E-state index >= 15 is 0 Å². The van der Waals surface area contributed by atoms with Crippen molar-refractivity contribution in [2.75, 3.05) is 0 Å². The lowest BCUT2D eigenvalue weighted by atomic mass is 9.93. The van der Waals surface area contributed by atoms with Gasteiger partial charge in [0.25, 0.3) is 0 Å². The first-order valence-corrected chi connectivity index (χ1v) is 6.32. The highest BCUT2D eigenvalue weighted by atomic mass is 16.1. The van der Waals surface area contributed by atoms with Crippen LogP contribution in [0.5, 0.6) is 0 Å². The number of fused-ring (bicyclic) bond motifs is 2. The van der Waals surface area contributed by atoms with Crippen LogP contribution in [0.15, 0.2) is 54.6 Å². The van der Waals surface area contributed by atoms with Crippen LogP contribution in [0.3, 0.4) is 0 Å². The summed E-state index contributed by atoms with van der Waals surface area (Å²) in [5.74, 6) is 0. The second-order valence-corrected chi connectivity index (χ2v) is 4.73. The number of carbonyl (C=O) groups excluding carboxylic acids is 1. The van der Waals surface area contributed by atoms with E-state index in [9.17, 15) is 4.79 Å². The molecule has 0 heterocycles. The van der Waals surface area contributed by atoms with Crippen molar-refractivity contribution in [3.8, 4) is 0 Å². The molecule has 0 aromatic heterocycles. The SMILES string of the molecule is N[C@H]([C]=O)Cc1c2ccccc2cc2ccccc12. The van der Waals surface area contributed by atoms with Gasteiger partial charge >= 0.3 is 0 Å². The Morgan fingerprint density at radius 1 is 0.947 bits per heavy atom. The largest absolute Gasteiger partial charge is 0.321 e. The number of benzene rings is 3. The molecule has 0 unspecified atom stereocenters. The molecular formula is C17H14NO. The zero-order chi connectivity index (χ0) is 13.2. The molecule has 0 saturated heterocycles. The van der Waals surface area contributed by atoms with Gasteiger partial charge < -0.3 is 5.73 Å². The normalized spacial score (nSPS) is 12.7. The Morgan fingerprint density at radius 3 is 2.00 bits per heavy atom. The zero-order valence-electron chi connectivity index (χ0n) is 10.5. The maximum Gasteiger partial charge on any atom is 0.217 e. The molecular weight excluding hydrogens is 234 g/mol. The van der Waals surface area contributed by atoms with Crippen molar-refractivity contribution >= 4 is 27.8 Å². The van der Waals surface area contributed by atoms with Crippen molar-refractivity contribution in [2.45, 2.75) is 12.5 Å². The average molecular weight is 248 g/mol. The van der Waals surface area contributed by atoms with Crippen LogP contribution in [-0.2, 0) is 11.2 Å². The van der Waals surface area contributed by atoms with Gasteiger partial charge in [-0.15, -0.1) is 0 Å². The summed E-state index contributed by atoms with van der Waals surface area (Å²) in [6.07, 6.45) is 2.39. The highest BCUT2D eigenvalue weighted by Gasteiger charge is 2.11. The minimum atomic E-state index is -0.575. The van der Waals surface area contributed by atoms with E-state index in [0.717, 1.165) is 16.3 Å². The van der Waals surface area contributed by atoms with Crippen LogP contribution in [0.1, 0.15) is 5.56 Å². The van der Waals surface area contributed by atoms with Crippen LogP contribution in [0.4, 0.5) is 0 Å². The van der Waals surface area contributed by atoms with Gasteiger partial charge in [0.05, 0.1) is 6.04 Å². The molecule has 0 bridgehead atoms. The smallest absolute Gasteiger partial charge is 0.217 e. The highest BCUT2D eigenvalue weighted by molar-refractivity contribution is 6.02. The van der Waals surface area contributed by atoms with Crippen molar-refractivity contribution in [2.24, 2.45) is 5.73 Å². The summed E-state index contributed by atoms with van der Waals surface area (Å²) in [5.41, 5.74) is 6.89. The summed E-state index contributed by atoms with van der Waals surface area (Å²) in [6, 6.07) is 18.0. The van der Waals surface area contributed by atoms with E-state index in [0.29, 0.717) is 6.42 Å². The molecule has 1 radical (unpaired) electrons. The standard InChI is InChI=1S/C17H14NO/c18-14(11-19)10-17-15-7-3-1-5-12(15)9-13-6-2-4-8-16(13)17/h1-9,14H,10,18H2/t14-/m0/s1. The minimum Gasteiger partial charge on any atom is -0.321 e. The molecule has 3 rings (SSSR count). The van der Waals surface area contributed by atoms with E-state index in [2.05, 4.69) is 30.3 Å². The van der Waals surface area contributed by atoms with E-state index in [1.54, 1.807) is 0 Å². The first-order valence-electron chi connectivity index (χ1n) is 6.32. The molecule has 0 aliphatic carbocycles. The predicted octanol–water partition coefficient (Wildman–Crippen LogP) is 2.97. The highest BCUT2D eigenvalue weighted by Crippen LogP contribution is 2.29. The first-order chi connectivity index (χ1) is 9.29. The van der Waals surface area contributed by atoms with E-state index in [4.69, 9.17) is 5.73 Å². The fraction of sp³-hybridized carbons (Fsp3) is 0.118. The van der Waals surface area contributed by atoms with Crippen molar-refractivity contribution in [3.05, 3.63) is 60.2 Å². The predicted molar refractivity (Wildman–Crippen MR) is 78.8 cm³/mol. The second-order valence-electron chi connectivity index (χ2n) is 4.73. The van der Waals surface area contributed by atoms with Gasteiger partial charge in [0.1, 0.15) is 0 Å². The summed E-state index contributed by atoms with van der Waals surface area (Å²) < 4.78 is 0. The summed E-state index contributed by atoms with van der Waals surface area (Å²) in [5, 5.41) is 4.67. The van der Waals surface area contributed by atoms with Crippen molar-refractivity contribution in [1.29, 1.82) is 0 Å². The first kappa shape index (κ1) is 11.9. The van der Waals surface area contributed by atoms with Crippen LogP contribution in [0.2, 0.25) is 0 Å². The van der Waals surface area contributed by atoms with E-state index in [1.807, 2.05) is 30.6 Å². The summed E-state index contributed by atoms with van der Waals surface area (Å²) >= 11 is 0. The maximum absolute atomic E-state index is 10.7. The number of rotatable bonds is 3. The van der Waals surface area contributed by atoms with Gasteiger partial charge in [-0.05, 0) is 39.6 Å². The van der Waals surface area contributed by atoms with E-state index in [-0.39, 0.29) is 0 Å². The zero-order valence-corrected chi connectivity index (χ0v) is 10.5. The fourth-order valence-electron chi connectivity index (χ4n) is 2.59. The Morgan fingerprint density at radius 2 is 1.47 bits per heavy atom. The molecule has 2 N–H and O–H groups in total. The summed E-state index contributed by atoms with van der Waals surface area (Å²) in [6.45, 7) is 0. The number of hydrogen-bond donors (Lipinski definition) is 1. The average Bonchev–Trinajstić information content (AvgIpc) is 2.46. The van der Waals surface area contributed by atoms with Crippen LogP contribution in [-0.4, -0.2) is 12.3 Å². The lowest BCUT2D eigenvalue weighted by molar-refractivity contribution is 0.541. The Hall–Kier alpha value is -2.19. The maximum atomic E-state index is 10.7. The summed E-state index contributed by atoms with van der Waals surface area (Å²) in [4.78, 5) is 10.7. The molecule has 0 aliphatic rings. The second kappa shape index (κ2) is 4.82. The molecule has 1 atom stereocenters. The molecule has 0 aliphatic heterocycles. The van der Waals surface area contributed by atoms with Gasteiger partial charge in [0.2, 0.25) is 6.29 Å². The quantitative estimate of drug-likeness (QED) is 0.724. The molecule has 0 saturated carbocycles. The molecule has 2 heteroatoms. The Labute approximate surface area is 111 Å². The van der Waals surface area contributed by atoms with Crippen molar-refractivity contribution < 1.29 is 4.79 Å². The number of hydrogen-bond acceptors (Lipinski definition) is 2. The summed E-state index contributed by atoms with van der Waals surface area (Å²) in [7, 11) is 0. The molecule has 0 spiro atoms. The third-order valence-electron chi connectivity index (χ3n) is 3.46. The molecule has 0 fully saturated rings. The van der Waals surface area contributed by atoms with Crippen LogP contribution in [0.25, 0.3) is 21.5 Å². The van der Waals surface area contributed by atoms with E-state index in [1.165, 1.54) is 10.8 Å². The molecule has 93 valence electrons. The third-order valence-corrected chi connectivity index (χ3v) is 3.46. The molecule has 3 aromatic carbocycles. The number of nitrogens with two attached hydrogens (primary N) is 1. The fourth-order valence-corrected chi connectivity index (χ4v) is 2.59. The van der Waals surface area contributed by atoms with Gasteiger partial charge in [-0.1, -0.05) is 48.5 Å². The lowest BCUT2D eigenvalue weighted by Gasteiger charge is -2.12. The van der Waals surface area contributed by atoms with Gasteiger partial charge in [-0.3, -0.25) is 4.79 Å². The Kier molecular flexibility index (Phi) is 3.02. The molecule has 3 aromatic rings. The monoisotopic (exact) mass is 248 g/mol.